The average molecular weight is 266 g/mol. The molecule has 7 N–H and O–H groups in total. The van der Waals surface area contributed by atoms with Crippen LogP contribution in [0.1, 0.15) is 5.56 Å². The van der Waals surface area contributed by atoms with Crippen molar-refractivity contribution in [1.29, 1.82) is 0 Å². The van der Waals surface area contributed by atoms with Gasteiger partial charge in [-0.3, -0.25) is 4.79 Å². The van der Waals surface area contributed by atoms with Gasteiger partial charge < -0.3 is 27.2 Å². The fourth-order valence-corrected chi connectivity index (χ4v) is 1.48. The van der Waals surface area contributed by atoms with Crippen molar-refractivity contribution in [3.05, 3.63) is 29.8 Å². The molecule has 0 aliphatic heterocycles. The molecule has 0 radical (unpaired) electrons. The van der Waals surface area contributed by atoms with Crippen LogP contribution in [0.25, 0.3) is 0 Å². The van der Waals surface area contributed by atoms with Gasteiger partial charge in [0.2, 0.25) is 5.91 Å². The van der Waals surface area contributed by atoms with E-state index in [4.69, 9.17) is 16.6 Å². The number of nitrogens with two attached hydrogens (primary N) is 2. The second kappa shape index (κ2) is 7.22. The molecule has 19 heavy (non-hydrogen) atoms. The summed E-state index contributed by atoms with van der Waals surface area (Å²) >= 11 is 0. The van der Waals surface area contributed by atoms with E-state index in [1.54, 1.807) is 12.1 Å². The predicted octanol–water partition coefficient (Wildman–Crippen LogP) is -0.953. The summed E-state index contributed by atoms with van der Waals surface area (Å²) in [4.78, 5) is 22.0. The van der Waals surface area contributed by atoms with Crippen molar-refractivity contribution in [2.45, 2.75) is 12.5 Å². The van der Waals surface area contributed by atoms with Crippen LogP contribution in [0, 0.1) is 0 Å². The quantitative estimate of drug-likeness (QED) is 0.425. The predicted molar refractivity (Wildman–Crippen MR) is 70.4 cm³/mol. The lowest BCUT2D eigenvalue weighted by molar-refractivity contribution is -0.122. The van der Waals surface area contributed by atoms with E-state index in [-0.39, 0.29) is 24.7 Å². The molecule has 1 aromatic rings. The van der Waals surface area contributed by atoms with Crippen molar-refractivity contribution in [3.63, 3.8) is 0 Å². The molecule has 7 nitrogen and oxygen atoms in total. The van der Waals surface area contributed by atoms with Gasteiger partial charge in [0.25, 0.3) is 0 Å². The van der Waals surface area contributed by atoms with E-state index < -0.39 is 12.1 Å². The van der Waals surface area contributed by atoms with Gasteiger partial charge >= 0.3 is 6.03 Å². The lowest BCUT2D eigenvalue weighted by atomic mass is 10.1. The standard InChI is InChI=1S/C12H18N4O3/c13-10(7-8-1-3-9(17)4-2-8)11(18)15-5-6-16-12(14)19/h1-4,10,17H,5-7,13H2,(H,15,18)(H3,14,16,19)/t10-/m0/s1. The van der Waals surface area contributed by atoms with Gasteiger partial charge in [-0.2, -0.15) is 0 Å². The number of nitrogens with one attached hydrogen (secondary N) is 2. The highest BCUT2D eigenvalue weighted by Crippen LogP contribution is 2.10. The normalized spacial score (nSPS) is 11.6. The number of primary amides is 1. The molecule has 0 aliphatic rings. The highest BCUT2D eigenvalue weighted by molar-refractivity contribution is 5.81. The number of aromatic hydroxyl groups is 1. The van der Waals surface area contributed by atoms with Gasteiger partial charge in [0.05, 0.1) is 6.04 Å². The Hall–Kier alpha value is -2.28. The van der Waals surface area contributed by atoms with Crippen LogP contribution >= 0.6 is 0 Å². The Morgan fingerprint density at radius 3 is 2.32 bits per heavy atom. The second-order valence-electron chi connectivity index (χ2n) is 4.06. The molecule has 3 amide bonds. The van der Waals surface area contributed by atoms with Gasteiger partial charge in [0, 0.05) is 13.1 Å². The van der Waals surface area contributed by atoms with E-state index in [0.717, 1.165) is 5.56 Å². The molecule has 0 aliphatic carbocycles. The third-order valence-corrected chi connectivity index (χ3v) is 2.45. The Morgan fingerprint density at radius 1 is 1.16 bits per heavy atom. The summed E-state index contributed by atoms with van der Waals surface area (Å²) in [5.74, 6) is -0.140. The molecule has 0 aromatic heterocycles. The lowest BCUT2D eigenvalue weighted by Gasteiger charge is -2.12. The summed E-state index contributed by atoms with van der Waals surface area (Å²) in [6.45, 7) is 0.526. The Balaban J connectivity index is 2.32. The summed E-state index contributed by atoms with van der Waals surface area (Å²) in [5.41, 5.74) is 11.5. The maximum Gasteiger partial charge on any atom is 0.312 e. The first-order valence-electron chi connectivity index (χ1n) is 5.83. The van der Waals surface area contributed by atoms with E-state index in [0.29, 0.717) is 6.42 Å². The van der Waals surface area contributed by atoms with Gasteiger partial charge in [-0.1, -0.05) is 12.1 Å². The zero-order valence-electron chi connectivity index (χ0n) is 10.4. The minimum absolute atomic E-state index is 0.166. The molecular formula is C12H18N4O3. The number of carbonyl (C=O) groups excluding carboxylic acids is 2. The number of hydrogen-bond donors (Lipinski definition) is 5. The van der Waals surface area contributed by atoms with Gasteiger partial charge in [-0.15, -0.1) is 0 Å². The minimum atomic E-state index is -0.682. The Morgan fingerprint density at radius 2 is 1.74 bits per heavy atom. The van der Waals surface area contributed by atoms with Crippen LogP contribution in [-0.4, -0.2) is 36.2 Å². The van der Waals surface area contributed by atoms with E-state index in [1.807, 2.05) is 0 Å². The molecule has 0 unspecified atom stereocenters. The number of phenols is 1. The van der Waals surface area contributed by atoms with E-state index in [2.05, 4.69) is 10.6 Å². The van der Waals surface area contributed by atoms with E-state index in [9.17, 15) is 9.59 Å². The van der Waals surface area contributed by atoms with Crippen LogP contribution in [0.2, 0.25) is 0 Å². The Bertz CT molecular complexity index is 433. The second-order valence-corrected chi connectivity index (χ2v) is 4.06. The molecule has 1 aromatic carbocycles. The van der Waals surface area contributed by atoms with Crippen LogP contribution in [0.15, 0.2) is 24.3 Å². The molecule has 0 fully saturated rings. The fraction of sp³-hybridized carbons (Fsp3) is 0.333. The van der Waals surface area contributed by atoms with Crippen LogP contribution < -0.4 is 22.1 Å². The van der Waals surface area contributed by atoms with Gasteiger partial charge in [-0.25, -0.2) is 4.79 Å². The molecule has 1 rings (SSSR count). The first-order chi connectivity index (χ1) is 8.99. The van der Waals surface area contributed by atoms with Crippen molar-refractivity contribution in [2.75, 3.05) is 13.1 Å². The number of carbonyl (C=O) groups is 2. The molecule has 0 saturated carbocycles. The SMILES string of the molecule is NC(=O)NCCNC(=O)[C@@H](N)Cc1ccc(O)cc1. The largest absolute Gasteiger partial charge is 0.508 e. The highest BCUT2D eigenvalue weighted by Gasteiger charge is 2.13. The minimum Gasteiger partial charge on any atom is -0.508 e. The molecule has 104 valence electrons. The van der Waals surface area contributed by atoms with Gasteiger partial charge in [-0.05, 0) is 24.1 Å². The van der Waals surface area contributed by atoms with Gasteiger partial charge in [0.1, 0.15) is 5.75 Å². The Labute approximate surface area is 111 Å². The summed E-state index contributed by atoms with van der Waals surface area (Å²) in [6, 6.07) is 5.17. The number of hydrogen-bond acceptors (Lipinski definition) is 4. The number of phenolic OH excluding ortho intramolecular Hbond substituents is 1. The van der Waals surface area contributed by atoms with E-state index >= 15 is 0 Å². The number of rotatable bonds is 6. The Kier molecular flexibility index (Phi) is 5.62. The third kappa shape index (κ3) is 5.73. The lowest BCUT2D eigenvalue weighted by Crippen LogP contribution is -2.45. The first kappa shape index (κ1) is 14.8. The highest BCUT2D eigenvalue weighted by atomic mass is 16.3. The van der Waals surface area contributed by atoms with Crippen molar-refractivity contribution in [3.8, 4) is 5.75 Å². The van der Waals surface area contributed by atoms with Crippen LogP contribution in [-0.2, 0) is 11.2 Å². The molecule has 0 bridgehead atoms. The van der Waals surface area contributed by atoms with Crippen molar-refractivity contribution >= 4 is 11.9 Å². The monoisotopic (exact) mass is 266 g/mol. The van der Waals surface area contributed by atoms with E-state index in [1.165, 1.54) is 12.1 Å². The van der Waals surface area contributed by atoms with Crippen molar-refractivity contribution < 1.29 is 14.7 Å². The molecule has 0 spiro atoms. The number of amides is 3. The van der Waals surface area contributed by atoms with Crippen LogP contribution in [0.4, 0.5) is 4.79 Å². The molecule has 0 saturated heterocycles. The molecular weight excluding hydrogens is 248 g/mol. The van der Waals surface area contributed by atoms with Gasteiger partial charge in [0.15, 0.2) is 0 Å². The number of benzene rings is 1. The maximum absolute atomic E-state index is 11.6. The average Bonchev–Trinajstić information content (AvgIpc) is 2.36. The zero-order valence-corrected chi connectivity index (χ0v) is 10.4. The summed E-state index contributed by atoms with van der Waals surface area (Å²) in [6.07, 6.45) is 0.370. The van der Waals surface area contributed by atoms with Crippen molar-refractivity contribution in [2.24, 2.45) is 11.5 Å². The smallest absolute Gasteiger partial charge is 0.312 e. The molecule has 7 heteroatoms. The third-order valence-electron chi connectivity index (χ3n) is 2.45. The zero-order chi connectivity index (χ0) is 14.3. The summed E-state index contributed by atoms with van der Waals surface area (Å²) in [7, 11) is 0. The maximum atomic E-state index is 11.6. The topological polar surface area (TPSA) is 130 Å². The van der Waals surface area contributed by atoms with Crippen LogP contribution in [0.5, 0.6) is 5.75 Å². The fourth-order valence-electron chi connectivity index (χ4n) is 1.48. The molecule has 0 heterocycles. The summed E-state index contributed by atoms with van der Waals surface area (Å²) in [5, 5.41) is 14.1. The first-order valence-corrected chi connectivity index (χ1v) is 5.83. The van der Waals surface area contributed by atoms with Crippen molar-refractivity contribution in [1.82, 2.24) is 10.6 Å². The summed E-state index contributed by atoms with van der Waals surface area (Å²) < 4.78 is 0. The number of urea groups is 1. The van der Waals surface area contributed by atoms with Crippen LogP contribution in [0.3, 0.4) is 0 Å². The molecule has 1 atom stereocenters.